The van der Waals surface area contributed by atoms with Gasteiger partial charge in [0.1, 0.15) is 0 Å². The topological polar surface area (TPSA) is 75.0 Å². The second kappa shape index (κ2) is 14.6. The Hall–Kier alpha value is -5.02. The van der Waals surface area contributed by atoms with Gasteiger partial charge >= 0.3 is 40.8 Å². The van der Waals surface area contributed by atoms with Crippen molar-refractivity contribution < 1.29 is 50.3 Å². The molecule has 4 aromatic carbocycles. The number of hydrogen-bond donors (Lipinski definition) is 0. The number of aromatic nitrogens is 5. The monoisotopic (exact) mass is 819 g/mol. The van der Waals surface area contributed by atoms with Crippen molar-refractivity contribution in [2.75, 3.05) is 0 Å². The van der Waals surface area contributed by atoms with Gasteiger partial charge in [-0.15, -0.1) is 71.8 Å². The summed E-state index contributed by atoms with van der Waals surface area (Å²) < 4.78 is 14.5. The Morgan fingerprint density at radius 3 is 1.41 bits per heavy atom. The molecular formula is C40H25N5O2Pd2. The van der Waals surface area contributed by atoms with E-state index in [1.807, 2.05) is 115 Å². The van der Waals surface area contributed by atoms with Crippen LogP contribution in [0.3, 0.4) is 0 Å². The maximum absolute atomic E-state index is 6.29. The fourth-order valence-electron chi connectivity index (χ4n) is 5.49. The Morgan fingerprint density at radius 2 is 0.939 bits per heavy atom. The Labute approximate surface area is 311 Å². The Bertz CT molecular complexity index is 2270. The fourth-order valence-corrected chi connectivity index (χ4v) is 5.49. The van der Waals surface area contributed by atoms with Crippen molar-refractivity contribution in [3.05, 3.63) is 151 Å². The van der Waals surface area contributed by atoms with Gasteiger partial charge in [0.25, 0.3) is 0 Å². The van der Waals surface area contributed by atoms with Gasteiger partial charge in [-0.3, -0.25) is 0 Å². The van der Waals surface area contributed by atoms with Crippen LogP contribution in [0.2, 0.25) is 0 Å². The number of benzene rings is 4. The molecule has 0 atom stereocenters. The van der Waals surface area contributed by atoms with Crippen molar-refractivity contribution in [2.24, 2.45) is 0 Å². The van der Waals surface area contributed by atoms with Crippen LogP contribution in [0.25, 0.3) is 50.3 Å². The molecule has 49 heavy (non-hydrogen) atoms. The molecule has 4 heterocycles. The molecule has 242 valence electrons. The van der Waals surface area contributed by atoms with Crippen LogP contribution in [-0.2, 0) is 40.8 Å². The maximum Gasteiger partial charge on any atom is 2.00 e. The molecule has 0 fully saturated rings. The standard InChI is InChI=1S/C40H25N5O2.2Pd/c1-26-8-3-14-36(43-26)28-10-5-12-30(22-28)46-32-16-18-34-35-19-17-33(25-39(35)45(38(34)24-32)40-41-20-7-21-42-40)47-31-13-6-11-29(23-31)37-15-4-9-27(2)44-37;;/h3-21H,1-2H3;;/q-4;2*+2. The molecule has 0 saturated carbocycles. The van der Waals surface area contributed by atoms with Gasteiger partial charge in [0, 0.05) is 46.8 Å². The van der Waals surface area contributed by atoms with E-state index in [0.29, 0.717) is 28.9 Å². The zero-order valence-corrected chi connectivity index (χ0v) is 29.3. The SMILES string of the molecule is Cc1cccc(-c2[c-]c(Oc3[c-]c4c(cc3)c3ccc(Oc5[c-]c(-c6cccc(C)n6)ccc5)[c-]c3n4-c3ncccn3)ccc2)n1.[Pd+2].[Pd+2]. The molecule has 0 aliphatic carbocycles. The number of hydrogen-bond acceptors (Lipinski definition) is 6. The summed E-state index contributed by atoms with van der Waals surface area (Å²) in [5, 5.41) is 1.90. The molecule has 0 amide bonds. The fraction of sp³-hybridized carbons (Fsp3) is 0.0500. The third-order valence-electron chi connectivity index (χ3n) is 7.59. The number of rotatable bonds is 7. The van der Waals surface area contributed by atoms with E-state index < -0.39 is 0 Å². The molecule has 0 aliphatic heterocycles. The average Bonchev–Trinajstić information content (AvgIpc) is 3.41. The van der Waals surface area contributed by atoms with E-state index >= 15 is 0 Å². The van der Waals surface area contributed by atoms with Crippen molar-refractivity contribution in [1.82, 2.24) is 24.5 Å². The second-order valence-corrected chi connectivity index (χ2v) is 10.9. The first-order chi connectivity index (χ1) is 23.1. The van der Waals surface area contributed by atoms with E-state index in [4.69, 9.17) is 9.47 Å². The molecule has 9 heteroatoms. The third kappa shape index (κ3) is 7.08. The summed E-state index contributed by atoms with van der Waals surface area (Å²) >= 11 is 0. The quantitative estimate of drug-likeness (QED) is 0.118. The third-order valence-corrected chi connectivity index (χ3v) is 7.59. The summed E-state index contributed by atoms with van der Waals surface area (Å²) in [6.07, 6.45) is 3.42. The molecular weight excluding hydrogens is 795 g/mol. The first-order valence-electron chi connectivity index (χ1n) is 15.1. The van der Waals surface area contributed by atoms with Gasteiger partial charge in [0.05, 0.1) is 0 Å². The summed E-state index contributed by atoms with van der Waals surface area (Å²) in [6.45, 7) is 3.94. The van der Waals surface area contributed by atoms with Crippen LogP contribution in [0, 0.1) is 38.1 Å². The average molecular weight is 821 g/mol. The number of ether oxygens (including phenoxy) is 2. The van der Waals surface area contributed by atoms with E-state index in [9.17, 15) is 0 Å². The van der Waals surface area contributed by atoms with Gasteiger partial charge in [0.15, 0.2) is 0 Å². The first-order valence-corrected chi connectivity index (χ1v) is 15.1. The summed E-state index contributed by atoms with van der Waals surface area (Å²) in [4.78, 5) is 18.4. The molecule has 0 spiro atoms. The first kappa shape index (κ1) is 33.9. The summed E-state index contributed by atoms with van der Waals surface area (Å²) in [5.74, 6) is 2.64. The summed E-state index contributed by atoms with van der Waals surface area (Å²) in [7, 11) is 0. The van der Waals surface area contributed by atoms with Crippen LogP contribution in [0.4, 0.5) is 0 Å². The van der Waals surface area contributed by atoms with E-state index in [1.54, 1.807) is 18.5 Å². The largest absolute Gasteiger partial charge is 2.00 e. The van der Waals surface area contributed by atoms with Gasteiger partial charge in [-0.05, 0) is 43.4 Å². The van der Waals surface area contributed by atoms with Gasteiger partial charge in [-0.1, -0.05) is 47.4 Å². The molecule has 7 nitrogen and oxygen atoms in total. The van der Waals surface area contributed by atoms with Gasteiger partial charge in [-0.2, -0.15) is 22.9 Å². The van der Waals surface area contributed by atoms with Crippen LogP contribution >= 0.6 is 0 Å². The van der Waals surface area contributed by atoms with Crippen LogP contribution in [-0.4, -0.2) is 24.5 Å². The Morgan fingerprint density at radius 1 is 0.490 bits per heavy atom. The van der Waals surface area contributed by atoms with Crippen molar-refractivity contribution in [3.63, 3.8) is 0 Å². The molecule has 4 aromatic heterocycles. The maximum atomic E-state index is 6.29. The minimum absolute atomic E-state index is 0. The van der Waals surface area contributed by atoms with Crippen molar-refractivity contribution in [3.8, 4) is 51.5 Å². The summed E-state index contributed by atoms with van der Waals surface area (Å²) in [6, 6.07) is 46.5. The zero-order chi connectivity index (χ0) is 31.7. The predicted octanol–water partition coefficient (Wildman–Crippen LogP) is 9.09. The van der Waals surface area contributed by atoms with Crippen molar-refractivity contribution in [1.29, 1.82) is 0 Å². The molecule has 0 unspecified atom stereocenters. The van der Waals surface area contributed by atoms with Crippen molar-refractivity contribution >= 4 is 21.8 Å². The van der Waals surface area contributed by atoms with Crippen LogP contribution in [0.15, 0.2) is 116 Å². The smallest absolute Gasteiger partial charge is 0.503 e. The minimum atomic E-state index is 0. The van der Waals surface area contributed by atoms with Gasteiger partial charge in [-0.25, -0.2) is 9.97 Å². The van der Waals surface area contributed by atoms with Gasteiger partial charge < -0.3 is 24.0 Å². The molecule has 0 aliphatic rings. The second-order valence-electron chi connectivity index (χ2n) is 10.9. The predicted molar refractivity (Wildman–Crippen MR) is 181 cm³/mol. The number of aryl methyl sites for hydroxylation is 2. The van der Waals surface area contributed by atoms with Crippen LogP contribution in [0.1, 0.15) is 11.4 Å². The zero-order valence-electron chi connectivity index (χ0n) is 26.2. The molecule has 8 aromatic rings. The number of pyridine rings is 2. The number of fused-ring (bicyclic) bond motifs is 3. The normalized spacial score (nSPS) is 10.7. The van der Waals surface area contributed by atoms with Crippen molar-refractivity contribution in [2.45, 2.75) is 13.8 Å². The summed E-state index contributed by atoms with van der Waals surface area (Å²) in [5.41, 5.74) is 6.72. The van der Waals surface area contributed by atoms with E-state index in [-0.39, 0.29) is 40.8 Å². The molecule has 0 saturated heterocycles. The molecule has 0 radical (unpaired) electrons. The molecule has 0 N–H and O–H groups in total. The number of nitrogens with zero attached hydrogens (tertiary/aromatic N) is 5. The van der Waals surface area contributed by atoms with E-state index in [0.717, 1.165) is 55.7 Å². The van der Waals surface area contributed by atoms with E-state index in [2.05, 4.69) is 44.2 Å². The van der Waals surface area contributed by atoms with Crippen LogP contribution < -0.4 is 9.47 Å². The molecule has 8 rings (SSSR count). The molecule has 0 bridgehead atoms. The van der Waals surface area contributed by atoms with Gasteiger partial charge in [0.2, 0.25) is 5.95 Å². The van der Waals surface area contributed by atoms with E-state index in [1.165, 1.54) is 0 Å². The van der Waals surface area contributed by atoms with Crippen LogP contribution in [0.5, 0.6) is 23.0 Å². The minimum Gasteiger partial charge on any atom is -0.503 e. The Balaban J connectivity index is 0.00000208. The Kier molecular flexibility index (Phi) is 10.1.